The quantitative estimate of drug-likeness (QED) is 0.214. The summed E-state index contributed by atoms with van der Waals surface area (Å²) in [6.45, 7) is 3.11. The van der Waals surface area contributed by atoms with Gasteiger partial charge in [0, 0.05) is 11.6 Å². The SMILES string of the molecule is CC1=CC[C@@H]2C(=O)N(N(CC(=O)c3ccc(C)cc3)C(=O)c3ccccc3[N+](=O)[O-])C(=O)[C@@H]2C1. The number of hydrogen-bond acceptors (Lipinski definition) is 6. The fourth-order valence-electron chi connectivity index (χ4n) is 4.41. The highest BCUT2D eigenvalue weighted by atomic mass is 16.6. The maximum absolute atomic E-state index is 13.5. The highest BCUT2D eigenvalue weighted by Crippen LogP contribution is 2.39. The molecule has 34 heavy (non-hydrogen) atoms. The summed E-state index contributed by atoms with van der Waals surface area (Å²) in [5, 5.41) is 13.0. The van der Waals surface area contributed by atoms with E-state index in [1.54, 1.807) is 24.3 Å². The summed E-state index contributed by atoms with van der Waals surface area (Å²) in [5.41, 5.74) is 1.40. The van der Waals surface area contributed by atoms with Gasteiger partial charge in [-0.2, -0.15) is 5.01 Å². The van der Waals surface area contributed by atoms with E-state index in [4.69, 9.17) is 0 Å². The van der Waals surface area contributed by atoms with Crippen LogP contribution in [0.2, 0.25) is 0 Å². The van der Waals surface area contributed by atoms with Crippen LogP contribution < -0.4 is 0 Å². The molecular weight excluding hydrogens is 438 g/mol. The minimum atomic E-state index is -0.960. The number of imide groups is 1. The van der Waals surface area contributed by atoms with E-state index in [1.165, 1.54) is 18.2 Å². The van der Waals surface area contributed by atoms with Crippen molar-refractivity contribution in [3.8, 4) is 0 Å². The van der Waals surface area contributed by atoms with Gasteiger partial charge in [-0.1, -0.05) is 53.6 Å². The molecule has 0 unspecified atom stereocenters. The van der Waals surface area contributed by atoms with E-state index < -0.39 is 52.5 Å². The highest BCUT2D eigenvalue weighted by molar-refractivity contribution is 6.10. The standard InChI is InChI=1S/C25H23N3O6/c1-15-7-10-17(11-8-15)22(29)14-26(23(30)19-5-3-4-6-21(19)28(33)34)27-24(31)18-12-9-16(2)13-20(18)25(27)32/h3-11,18,20H,12-14H2,1-2H3/t18-,20+/m0/s1. The molecule has 2 aromatic rings. The summed E-state index contributed by atoms with van der Waals surface area (Å²) in [6.07, 6.45) is 2.63. The van der Waals surface area contributed by atoms with Crippen molar-refractivity contribution >= 4 is 29.2 Å². The minimum Gasteiger partial charge on any atom is -0.292 e. The molecule has 3 amide bonds. The molecule has 2 atom stereocenters. The normalized spacial score (nSPS) is 19.5. The number of fused-ring (bicyclic) bond motifs is 1. The molecule has 174 valence electrons. The lowest BCUT2D eigenvalue weighted by Gasteiger charge is -2.30. The third-order valence-electron chi connectivity index (χ3n) is 6.27. The molecule has 0 saturated carbocycles. The van der Waals surface area contributed by atoms with Crippen LogP contribution in [0.1, 0.15) is 46.0 Å². The lowest BCUT2D eigenvalue weighted by atomic mass is 9.82. The fraction of sp³-hybridized carbons (Fsp3) is 0.280. The molecule has 2 aromatic carbocycles. The minimum absolute atomic E-state index is 0.292. The van der Waals surface area contributed by atoms with Gasteiger partial charge in [0.05, 0.1) is 16.8 Å². The van der Waals surface area contributed by atoms with Crippen LogP contribution >= 0.6 is 0 Å². The smallest absolute Gasteiger partial charge is 0.282 e. The second-order valence-corrected chi connectivity index (χ2v) is 8.62. The number of para-hydroxylation sites is 1. The molecule has 0 spiro atoms. The van der Waals surface area contributed by atoms with Gasteiger partial charge in [-0.3, -0.25) is 29.3 Å². The summed E-state index contributed by atoms with van der Waals surface area (Å²) in [6, 6.07) is 11.9. The number of hydrazine groups is 1. The van der Waals surface area contributed by atoms with Gasteiger partial charge >= 0.3 is 0 Å². The Kier molecular flexibility index (Phi) is 6.10. The average molecular weight is 461 g/mol. The Labute approximate surface area is 195 Å². The van der Waals surface area contributed by atoms with Gasteiger partial charge in [0.2, 0.25) is 0 Å². The van der Waals surface area contributed by atoms with E-state index in [0.29, 0.717) is 18.4 Å². The molecule has 0 bridgehead atoms. The summed E-state index contributed by atoms with van der Waals surface area (Å²) < 4.78 is 0. The van der Waals surface area contributed by atoms with Gasteiger partial charge in [0.25, 0.3) is 23.4 Å². The van der Waals surface area contributed by atoms with Crippen LogP contribution in [0.3, 0.4) is 0 Å². The number of aryl methyl sites for hydroxylation is 1. The molecule has 1 saturated heterocycles. The number of carbonyl (C=O) groups excluding carboxylic acids is 4. The van der Waals surface area contributed by atoms with Crippen molar-refractivity contribution in [2.24, 2.45) is 11.8 Å². The number of nitro benzene ring substituents is 1. The second kappa shape index (κ2) is 9.01. The number of Topliss-reactive ketones (excluding diaryl/α,β-unsaturated/α-hetero) is 1. The topological polar surface area (TPSA) is 118 Å². The zero-order chi connectivity index (χ0) is 24.6. The maximum atomic E-state index is 13.5. The van der Waals surface area contributed by atoms with Crippen LogP contribution in [-0.2, 0) is 9.59 Å². The van der Waals surface area contributed by atoms with Crippen LogP contribution in [-0.4, -0.2) is 45.0 Å². The number of rotatable bonds is 6. The van der Waals surface area contributed by atoms with Gasteiger partial charge in [-0.15, -0.1) is 0 Å². The van der Waals surface area contributed by atoms with Crippen molar-refractivity contribution in [1.29, 1.82) is 0 Å². The summed E-state index contributed by atoms with van der Waals surface area (Å²) >= 11 is 0. The first kappa shape index (κ1) is 23.0. The molecule has 2 aliphatic rings. The number of amides is 3. The molecule has 0 radical (unpaired) electrons. The zero-order valence-electron chi connectivity index (χ0n) is 18.8. The fourth-order valence-corrected chi connectivity index (χ4v) is 4.41. The maximum Gasteiger partial charge on any atom is 0.282 e. The molecule has 1 heterocycles. The van der Waals surface area contributed by atoms with Crippen LogP contribution in [0.4, 0.5) is 5.69 Å². The van der Waals surface area contributed by atoms with E-state index in [1.807, 2.05) is 19.9 Å². The summed E-state index contributed by atoms with van der Waals surface area (Å²) in [5.74, 6) is -3.89. The number of nitro groups is 1. The monoisotopic (exact) mass is 461 g/mol. The molecular formula is C25H23N3O6. The van der Waals surface area contributed by atoms with Crippen molar-refractivity contribution in [3.05, 3.63) is 87.0 Å². The van der Waals surface area contributed by atoms with Crippen molar-refractivity contribution in [3.63, 3.8) is 0 Å². The second-order valence-electron chi connectivity index (χ2n) is 8.62. The predicted molar refractivity (Wildman–Crippen MR) is 121 cm³/mol. The third-order valence-corrected chi connectivity index (χ3v) is 6.27. The van der Waals surface area contributed by atoms with Gasteiger partial charge in [0.15, 0.2) is 5.78 Å². The van der Waals surface area contributed by atoms with E-state index >= 15 is 0 Å². The molecule has 1 aliphatic heterocycles. The van der Waals surface area contributed by atoms with Crippen molar-refractivity contribution in [1.82, 2.24) is 10.0 Å². The molecule has 9 heteroatoms. The van der Waals surface area contributed by atoms with Gasteiger partial charge in [-0.25, -0.2) is 5.01 Å². The average Bonchev–Trinajstić information content (AvgIpc) is 3.06. The van der Waals surface area contributed by atoms with Crippen LogP contribution in [0.15, 0.2) is 60.2 Å². The van der Waals surface area contributed by atoms with E-state index in [9.17, 15) is 29.3 Å². The van der Waals surface area contributed by atoms with Crippen molar-refractivity contribution < 1.29 is 24.1 Å². The number of benzene rings is 2. The van der Waals surface area contributed by atoms with Crippen molar-refractivity contribution in [2.75, 3.05) is 6.54 Å². The van der Waals surface area contributed by atoms with Crippen LogP contribution in [0.5, 0.6) is 0 Å². The Morgan fingerprint density at radius 1 is 1.03 bits per heavy atom. The lowest BCUT2D eigenvalue weighted by molar-refractivity contribution is -0.385. The molecule has 0 N–H and O–H groups in total. The molecule has 9 nitrogen and oxygen atoms in total. The Balaban J connectivity index is 1.74. The number of nitrogens with zero attached hydrogens (tertiary/aromatic N) is 3. The first-order valence-corrected chi connectivity index (χ1v) is 10.9. The number of hydrogen-bond donors (Lipinski definition) is 0. The molecule has 4 rings (SSSR count). The number of carbonyl (C=O) groups is 4. The number of allylic oxidation sites excluding steroid dienone is 2. The van der Waals surface area contributed by atoms with E-state index in [0.717, 1.165) is 27.2 Å². The van der Waals surface area contributed by atoms with Crippen molar-refractivity contribution in [2.45, 2.75) is 26.7 Å². The Bertz CT molecular complexity index is 1230. The summed E-state index contributed by atoms with van der Waals surface area (Å²) in [7, 11) is 0. The molecule has 0 aromatic heterocycles. The van der Waals surface area contributed by atoms with E-state index in [-0.39, 0.29) is 5.56 Å². The molecule has 1 fully saturated rings. The first-order chi connectivity index (χ1) is 16.2. The first-order valence-electron chi connectivity index (χ1n) is 10.9. The van der Waals surface area contributed by atoms with Gasteiger partial charge in [0.1, 0.15) is 12.1 Å². The number of ketones is 1. The van der Waals surface area contributed by atoms with E-state index in [2.05, 4.69) is 0 Å². The predicted octanol–water partition coefficient (Wildman–Crippen LogP) is 3.48. The Morgan fingerprint density at radius 2 is 1.68 bits per heavy atom. The molecule has 1 aliphatic carbocycles. The highest BCUT2D eigenvalue weighted by Gasteiger charge is 2.52. The van der Waals surface area contributed by atoms with Gasteiger partial charge < -0.3 is 0 Å². The lowest BCUT2D eigenvalue weighted by Crippen LogP contribution is -2.52. The summed E-state index contributed by atoms with van der Waals surface area (Å²) in [4.78, 5) is 64.0. The van der Waals surface area contributed by atoms with Crippen LogP contribution in [0, 0.1) is 28.9 Å². The Morgan fingerprint density at radius 3 is 2.35 bits per heavy atom. The van der Waals surface area contributed by atoms with Gasteiger partial charge in [-0.05, 0) is 32.8 Å². The third kappa shape index (κ3) is 4.12. The van der Waals surface area contributed by atoms with Crippen LogP contribution in [0.25, 0.3) is 0 Å². The largest absolute Gasteiger partial charge is 0.292 e. The Hall–Kier alpha value is -4.14. The zero-order valence-corrected chi connectivity index (χ0v) is 18.8.